The van der Waals surface area contributed by atoms with Crippen LogP contribution in [0.2, 0.25) is 0 Å². The Morgan fingerprint density at radius 3 is 2.84 bits per heavy atom. The van der Waals surface area contributed by atoms with Crippen molar-refractivity contribution in [2.24, 2.45) is 7.05 Å². The molecule has 3 rings (SSSR count). The van der Waals surface area contributed by atoms with Gasteiger partial charge in [-0.2, -0.15) is 5.26 Å². The summed E-state index contributed by atoms with van der Waals surface area (Å²) in [5, 5.41) is 26.9. The van der Waals surface area contributed by atoms with E-state index in [4.69, 9.17) is 0 Å². The van der Waals surface area contributed by atoms with Crippen LogP contribution in [0.1, 0.15) is 32.1 Å². The predicted molar refractivity (Wildman–Crippen MR) is 92.3 cm³/mol. The van der Waals surface area contributed by atoms with Crippen molar-refractivity contribution in [2.45, 2.75) is 37.6 Å². The minimum Gasteiger partial charge on any atom is -0.376 e. The summed E-state index contributed by atoms with van der Waals surface area (Å²) in [6.45, 7) is 0.115. The van der Waals surface area contributed by atoms with Crippen LogP contribution in [0.3, 0.4) is 0 Å². The zero-order valence-electron chi connectivity index (χ0n) is 14.2. The molecule has 8 nitrogen and oxygen atoms in total. The number of hydrogen-bond acceptors (Lipinski definition) is 6. The van der Waals surface area contributed by atoms with Gasteiger partial charge in [-0.05, 0) is 35.4 Å². The first-order valence-electron chi connectivity index (χ1n) is 8.41. The van der Waals surface area contributed by atoms with Crippen molar-refractivity contribution in [3.63, 3.8) is 0 Å². The zero-order chi connectivity index (χ0) is 17.7. The minimum absolute atomic E-state index is 0.115. The number of rotatable bonds is 5. The van der Waals surface area contributed by atoms with Gasteiger partial charge in [0, 0.05) is 18.3 Å². The van der Waals surface area contributed by atoms with Crippen molar-refractivity contribution in [2.75, 3.05) is 11.9 Å². The molecular formula is C17H21N7O. The second-order valence-electron chi connectivity index (χ2n) is 6.36. The van der Waals surface area contributed by atoms with Gasteiger partial charge in [-0.3, -0.25) is 4.79 Å². The molecule has 8 heteroatoms. The van der Waals surface area contributed by atoms with E-state index in [2.05, 4.69) is 32.2 Å². The van der Waals surface area contributed by atoms with E-state index in [-0.39, 0.29) is 12.5 Å². The number of aryl methyl sites for hydroxylation is 1. The molecule has 1 saturated carbocycles. The number of nitrogens with one attached hydrogen (secondary N) is 2. The quantitative estimate of drug-likeness (QED) is 0.857. The number of tetrazole rings is 1. The molecule has 0 unspecified atom stereocenters. The maximum absolute atomic E-state index is 12.3. The minimum atomic E-state index is -0.705. The number of benzene rings is 1. The van der Waals surface area contributed by atoms with Crippen LogP contribution in [-0.2, 0) is 11.8 Å². The highest BCUT2D eigenvalue weighted by molar-refractivity contribution is 5.82. The van der Waals surface area contributed by atoms with Gasteiger partial charge in [-0.1, -0.05) is 31.4 Å². The summed E-state index contributed by atoms with van der Waals surface area (Å²) >= 11 is 0. The van der Waals surface area contributed by atoms with Gasteiger partial charge in [0.15, 0.2) is 5.82 Å². The fraction of sp³-hybridized carbons (Fsp3) is 0.471. The van der Waals surface area contributed by atoms with Crippen LogP contribution in [0, 0.1) is 11.3 Å². The number of carbonyl (C=O) groups is 1. The van der Waals surface area contributed by atoms with Crippen LogP contribution >= 0.6 is 0 Å². The highest BCUT2D eigenvalue weighted by Gasteiger charge is 2.33. The van der Waals surface area contributed by atoms with Crippen molar-refractivity contribution >= 4 is 11.6 Å². The number of hydrogen-bond donors (Lipinski definition) is 2. The van der Waals surface area contributed by atoms with Gasteiger partial charge < -0.3 is 10.6 Å². The summed E-state index contributed by atoms with van der Waals surface area (Å²) in [7, 11) is 1.77. The van der Waals surface area contributed by atoms with Crippen LogP contribution in [0.15, 0.2) is 24.3 Å². The second-order valence-corrected chi connectivity index (χ2v) is 6.36. The van der Waals surface area contributed by atoms with E-state index < -0.39 is 5.54 Å². The SMILES string of the molecule is Cn1nnnc1-c1cccc(NCC(=O)NC2(C#N)CCCCC2)c1. The summed E-state index contributed by atoms with van der Waals surface area (Å²) in [6, 6.07) is 9.84. The summed E-state index contributed by atoms with van der Waals surface area (Å²) in [5.74, 6) is 0.480. The highest BCUT2D eigenvalue weighted by atomic mass is 16.2. The van der Waals surface area contributed by atoms with Crippen molar-refractivity contribution in [1.82, 2.24) is 25.5 Å². The molecule has 25 heavy (non-hydrogen) atoms. The number of aromatic nitrogens is 4. The first-order chi connectivity index (χ1) is 12.1. The molecule has 0 bridgehead atoms. The van der Waals surface area contributed by atoms with Gasteiger partial charge in [0.25, 0.3) is 0 Å². The van der Waals surface area contributed by atoms with Gasteiger partial charge in [0.1, 0.15) is 5.54 Å². The van der Waals surface area contributed by atoms with Gasteiger partial charge in [0.2, 0.25) is 5.91 Å². The fourth-order valence-electron chi connectivity index (χ4n) is 3.16. The van der Waals surface area contributed by atoms with Crippen molar-refractivity contribution in [1.29, 1.82) is 5.26 Å². The first-order valence-corrected chi connectivity index (χ1v) is 8.41. The average Bonchev–Trinajstić information content (AvgIpc) is 3.07. The highest BCUT2D eigenvalue weighted by Crippen LogP contribution is 2.27. The molecule has 1 aromatic heterocycles. The molecule has 1 aliphatic rings. The molecule has 1 fully saturated rings. The van der Waals surface area contributed by atoms with Crippen LogP contribution < -0.4 is 10.6 Å². The van der Waals surface area contributed by atoms with Crippen molar-refractivity contribution < 1.29 is 4.79 Å². The molecule has 1 amide bonds. The Bertz CT molecular complexity index is 786. The molecular weight excluding hydrogens is 318 g/mol. The molecule has 1 heterocycles. The summed E-state index contributed by atoms with van der Waals surface area (Å²) < 4.78 is 1.59. The average molecular weight is 339 g/mol. The third kappa shape index (κ3) is 3.94. The number of nitrogens with zero attached hydrogens (tertiary/aromatic N) is 5. The van der Waals surface area contributed by atoms with Gasteiger partial charge in [-0.15, -0.1) is 5.10 Å². The molecule has 0 saturated heterocycles. The second kappa shape index (κ2) is 7.30. The lowest BCUT2D eigenvalue weighted by Crippen LogP contribution is -2.50. The van der Waals surface area contributed by atoms with E-state index in [1.54, 1.807) is 11.7 Å². The monoisotopic (exact) mass is 339 g/mol. The largest absolute Gasteiger partial charge is 0.376 e. The number of anilines is 1. The molecule has 1 aromatic carbocycles. The lowest BCUT2D eigenvalue weighted by molar-refractivity contribution is -0.121. The molecule has 0 atom stereocenters. The van der Waals surface area contributed by atoms with Crippen LogP contribution in [-0.4, -0.2) is 38.2 Å². The molecule has 0 spiro atoms. The van der Waals surface area contributed by atoms with Gasteiger partial charge in [0.05, 0.1) is 12.6 Å². The Morgan fingerprint density at radius 2 is 2.16 bits per heavy atom. The van der Waals surface area contributed by atoms with E-state index in [0.717, 1.165) is 43.4 Å². The Morgan fingerprint density at radius 1 is 1.36 bits per heavy atom. The van der Waals surface area contributed by atoms with Gasteiger partial charge >= 0.3 is 0 Å². The number of nitriles is 1. The molecule has 0 radical (unpaired) electrons. The van der Waals surface area contributed by atoms with Crippen LogP contribution in [0.4, 0.5) is 5.69 Å². The Hall–Kier alpha value is -2.95. The maximum Gasteiger partial charge on any atom is 0.240 e. The van der Waals surface area contributed by atoms with Crippen molar-refractivity contribution in [3.8, 4) is 17.5 Å². The van der Waals surface area contributed by atoms with Crippen molar-refractivity contribution in [3.05, 3.63) is 24.3 Å². The van der Waals surface area contributed by atoms with Crippen LogP contribution in [0.25, 0.3) is 11.4 Å². The fourth-order valence-corrected chi connectivity index (χ4v) is 3.16. The molecule has 1 aliphatic carbocycles. The Kier molecular flexibility index (Phi) is 4.93. The number of carbonyl (C=O) groups excluding carboxylic acids is 1. The molecule has 130 valence electrons. The first kappa shape index (κ1) is 16.9. The van der Waals surface area contributed by atoms with E-state index in [1.807, 2.05) is 24.3 Å². The third-order valence-corrected chi connectivity index (χ3v) is 4.49. The van der Waals surface area contributed by atoms with E-state index >= 15 is 0 Å². The lowest BCUT2D eigenvalue weighted by atomic mass is 9.83. The third-order valence-electron chi connectivity index (χ3n) is 4.49. The zero-order valence-corrected chi connectivity index (χ0v) is 14.2. The normalized spacial score (nSPS) is 16.0. The standard InChI is InChI=1S/C17H21N7O/c1-24-16(21-22-23-24)13-6-5-7-14(10-13)19-11-15(25)20-17(12-18)8-3-2-4-9-17/h5-7,10,19H,2-4,8-9,11H2,1H3,(H,20,25). The Balaban J connectivity index is 1.61. The maximum atomic E-state index is 12.3. The van der Waals surface area contributed by atoms with E-state index in [1.165, 1.54) is 0 Å². The van der Waals surface area contributed by atoms with E-state index in [9.17, 15) is 10.1 Å². The smallest absolute Gasteiger partial charge is 0.240 e. The summed E-state index contributed by atoms with van der Waals surface area (Å²) in [6.07, 6.45) is 4.54. The number of amides is 1. The topological polar surface area (TPSA) is 109 Å². The summed E-state index contributed by atoms with van der Waals surface area (Å²) in [4.78, 5) is 12.3. The predicted octanol–water partition coefficient (Wildman–Crippen LogP) is 1.63. The molecule has 2 N–H and O–H groups in total. The Labute approximate surface area is 146 Å². The molecule has 2 aromatic rings. The van der Waals surface area contributed by atoms with Crippen LogP contribution in [0.5, 0.6) is 0 Å². The van der Waals surface area contributed by atoms with Gasteiger partial charge in [-0.25, -0.2) is 4.68 Å². The summed E-state index contributed by atoms with van der Waals surface area (Å²) in [5.41, 5.74) is 0.951. The van der Waals surface area contributed by atoms with E-state index in [0.29, 0.717) is 5.82 Å². The lowest BCUT2D eigenvalue weighted by Gasteiger charge is -2.31. The molecule has 0 aliphatic heterocycles.